The van der Waals surface area contributed by atoms with Crippen LogP contribution in [0.4, 0.5) is 18.9 Å². The molecular weight excluding hydrogens is 461 g/mol. The number of carbonyl (C=O) groups is 2. The van der Waals surface area contributed by atoms with Gasteiger partial charge >= 0.3 is 6.18 Å². The molecule has 2 aliphatic heterocycles. The number of alkyl halides is 3. The van der Waals surface area contributed by atoms with Crippen LogP contribution in [0.5, 0.6) is 5.75 Å². The highest BCUT2D eigenvalue weighted by atomic mass is 19.4. The number of amides is 2. The molecule has 1 unspecified atom stereocenters. The molecule has 35 heavy (non-hydrogen) atoms. The van der Waals surface area contributed by atoms with Crippen LogP contribution in [0.3, 0.4) is 0 Å². The van der Waals surface area contributed by atoms with Gasteiger partial charge < -0.3 is 20.3 Å². The van der Waals surface area contributed by atoms with E-state index in [4.69, 9.17) is 15.7 Å². The summed E-state index contributed by atoms with van der Waals surface area (Å²) in [6, 6.07) is 14.1. The van der Waals surface area contributed by atoms with Gasteiger partial charge in [-0.3, -0.25) is 9.59 Å². The summed E-state index contributed by atoms with van der Waals surface area (Å²) in [7, 11) is 0. The normalized spacial score (nSPS) is 19.4. The maximum atomic E-state index is 13.5. The van der Waals surface area contributed by atoms with E-state index in [-0.39, 0.29) is 24.7 Å². The quantitative estimate of drug-likeness (QED) is 0.700. The Morgan fingerprint density at radius 3 is 2.43 bits per heavy atom. The summed E-state index contributed by atoms with van der Waals surface area (Å²) in [5, 5.41) is 9.06. The largest absolute Gasteiger partial charge is 0.484 e. The average molecular weight is 486 g/mol. The fourth-order valence-electron chi connectivity index (χ4n) is 5.08. The Bertz CT molecular complexity index is 1140. The molecule has 0 aromatic heterocycles. The number of nitrogens with two attached hydrogens (primary N) is 1. The van der Waals surface area contributed by atoms with Crippen molar-refractivity contribution in [3.8, 4) is 11.8 Å². The molecule has 2 N–H and O–H groups in total. The summed E-state index contributed by atoms with van der Waals surface area (Å²) in [4.78, 5) is 28.4. The smallest absolute Gasteiger partial charge is 0.417 e. The Morgan fingerprint density at radius 1 is 1.14 bits per heavy atom. The second-order valence-electron chi connectivity index (χ2n) is 9.02. The maximum absolute atomic E-state index is 13.5. The molecule has 0 radical (unpaired) electrons. The number of nitriles is 1. The standard InChI is InChI=1S/C25H25F3N4O3/c26-25(27,28)20-12-18(7-6-17(20)13-29)32-14-21(23(30)34)24(16-32)8-10-31(11-9-24)22(33)15-35-19-4-2-1-3-5-19/h1-7,12,21H,8-11,14-16H2,(H2,30,34). The Hall–Kier alpha value is -3.74. The molecule has 2 amide bonds. The topological polar surface area (TPSA) is 99.7 Å². The van der Waals surface area contributed by atoms with Gasteiger partial charge in [-0.25, -0.2) is 0 Å². The Labute approximate surface area is 200 Å². The van der Waals surface area contributed by atoms with E-state index < -0.39 is 34.5 Å². The number of ether oxygens (including phenoxy) is 1. The Morgan fingerprint density at radius 2 is 1.83 bits per heavy atom. The monoisotopic (exact) mass is 486 g/mol. The van der Waals surface area contributed by atoms with Gasteiger partial charge in [-0.2, -0.15) is 18.4 Å². The molecule has 2 aromatic carbocycles. The van der Waals surface area contributed by atoms with E-state index in [1.165, 1.54) is 6.07 Å². The number of nitrogens with zero attached hydrogens (tertiary/aromatic N) is 3. The fraction of sp³-hybridized carbons (Fsp3) is 0.400. The van der Waals surface area contributed by atoms with Crippen LogP contribution in [-0.2, 0) is 15.8 Å². The molecule has 10 heteroatoms. The van der Waals surface area contributed by atoms with Crippen LogP contribution in [-0.4, -0.2) is 49.5 Å². The van der Waals surface area contributed by atoms with Crippen molar-refractivity contribution < 1.29 is 27.5 Å². The third-order valence-corrected chi connectivity index (χ3v) is 7.00. The molecule has 1 spiro atoms. The summed E-state index contributed by atoms with van der Waals surface area (Å²) in [6.07, 6.45) is -3.68. The molecule has 2 saturated heterocycles. The number of carbonyl (C=O) groups excluding carboxylic acids is 2. The first kappa shape index (κ1) is 24.4. The van der Waals surface area contributed by atoms with Gasteiger partial charge in [0, 0.05) is 37.3 Å². The van der Waals surface area contributed by atoms with Gasteiger partial charge in [0.15, 0.2) is 6.61 Å². The summed E-state index contributed by atoms with van der Waals surface area (Å²) >= 11 is 0. The predicted octanol–water partition coefficient (Wildman–Crippen LogP) is 3.19. The minimum atomic E-state index is -4.67. The summed E-state index contributed by atoms with van der Waals surface area (Å²) < 4.78 is 45.9. The maximum Gasteiger partial charge on any atom is 0.417 e. The zero-order valence-electron chi connectivity index (χ0n) is 18.9. The van der Waals surface area contributed by atoms with Gasteiger partial charge in [0.1, 0.15) is 5.75 Å². The molecule has 2 aromatic rings. The van der Waals surface area contributed by atoms with Gasteiger partial charge in [-0.05, 0) is 43.2 Å². The Kier molecular flexibility index (Phi) is 6.61. The lowest BCUT2D eigenvalue weighted by Crippen LogP contribution is -2.49. The van der Waals surface area contributed by atoms with Crippen LogP contribution < -0.4 is 15.4 Å². The molecule has 2 aliphatic rings. The first-order chi connectivity index (χ1) is 16.6. The number of rotatable bonds is 5. The van der Waals surface area contributed by atoms with E-state index in [2.05, 4.69) is 0 Å². The van der Waals surface area contributed by atoms with Crippen molar-refractivity contribution in [2.24, 2.45) is 17.1 Å². The minimum Gasteiger partial charge on any atom is -0.484 e. The molecule has 2 fully saturated rings. The van der Waals surface area contributed by atoms with Gasteiger partial charge in [0.2, 0.25) is 5.91 Å². The van der Waals surface area contributed by atoms with Crippen molar-refractivity contribution in [1.82, 2.24) is 4.90 Å². The van der Waals surface area contributed by atoms with Crippen LogP contribution in [0.15, 0.2) is 48.5 Å². The van der Waals surface area contributed by atoms with Gasteiger partial charge in [-0.1, -0.05) is 18.2 Å². The number of primary amides is 1. The van der Waals surface area contributed by atoms with Gasteiger partial charge in [0.25, 0.3) is 5.91 Å². The lowest BCUT2D eigenvalue weighted by molar-refractivity contribution is -0.138. The van der Waals surface area contributed by atoms with Crippen LogP contribution >= 0.6 is 0 Å². The number of hydrogen-bond donors (Lipinski definition) is 1. The number of para-hydroxylation sites is 1. The molecule has 2 heterocycles. The van der Waals surface area contributed by atoms with Crippen LogP contribution in [0.1, 0.15) is 24.0 Å². The number of benzene rings is 2. The molecule has 0 aliphatic carbocycles. The van der Waals surface area contributed by atoms with E-state index in [0.717, 1.165) is 12.1 Å². The SMILES string of the molecule is N#Cc1ccc(N2CC(C(N)=O)C3(CCN(C(=O)COc4ccccc4)CC3)C2)cc1C(F)(F)F. The number of halogens is 3. The van der Waals surface area contributed by atoms with Crippen LogP contribution in [0.25, 0.3) is 0 Å². The van der Waals surface area contributed by atoms with Crippen molar-refractivity contribution >= 4 is 17.5 Å². The van der Waals surface area contributed by atoms with Gasteiger partial charge in [0.05, 0.1) is 23.1 Å². The fourth-order valence-corrected chi connectivity index (χ4v) is 5.08. The first-order valence-electron chi connectivity index (χ1n) is 11.2. The molecule has 184 valence electrons. The Balaban J connectivity index is 1.46. The van der Waals surface area contributed by atoms with Crippen molar-refractivity contribution in [3.63, 3.8) is 0 Å². The highest BCUT2D eigenvalue weighted by Crippen LogP contribution is 2.46. The average Bonchev–Trinajstić information content (AvgIpc) is 3.21. The van der Waals surface area contributed by atoms with Crippen molar-refractivity contribution in [3.05, 3.63) is 59.7 Å². The molecule has 1 atom stereocenters. The van der Waals surface area contributed by atoms with E-state index >= 15 is 0 Å². The van der Waals surface area contributed by atoms with Gasteiger partial charge in [-0.15, -0.1) is 0 Å². The van der Waals surface area contributed by atoms with Crippen molar-refractivity contribution in [2.75, 3.05) is 37.7 Å². The lowest BCUT2D eigenvalue weighted by atomic mass is 9.70. The molecule has 4 rings (SSSR count). The van der Waals surface area contributed by atoms with E-state index in [0.29, 0.717) is 38.2 Å². The van der Waals surface area contributed by atoms with Crippen molar-refractivity contribution in [2.45, 2.75) is 19.0 Å². The molecule has 0 bridgehead atoms. The van der Waals surface area contributed by atoms with Crippen LogP contribution in [0, 0.1) is 22.7 Å². The first-order valence-corrected chi connectivity index (χ1v) is 11.2. The minimum absolute atomic E-state index is 0.103. The zero-order chi connectivity index (χ0) is 25.2. The highest BCUT2D eigenvalue weighted by Gasteiger charge is 2.51. The van der Waals surface area contributed by atoms with E-state index in [1.54, 1.807) is 28.0 Å². The third-order valence-electron chi connectivity index (χ3n) is 7.00. The third kappa shape index (κ3) is 5.04. The van der Waals surface area contributed by atoms with Crippen LogP contribution in [0.2, 0.25) is 0 Å². The van der Waals surface area contributed by atoms with Crippen molar-refractivity contribution in [1.29, 1.82) is 5.26 Å². The summed E-state index contributed by atoms with van der Waals surface area (Å²) in [5.41, 5.74) is 3.99. The molecule has 7 nitrogen and oxygen atoms in total. The number of piperidine rings is 1. The second kappa shape index (κ2) is 9.49. The lowest BCUT2D eigenvalue weighted by Gasteiger charge is -2.41. The summed E-state index contributed by atoms with van der Waals surface area (Å²) in [5.74, 6) is -0.652. The molecular formula is C25H25F3N4O3. The number of hydrogen-bond acceptors (Lipinski definition) is 5. The van der Waals surface area contributed by atoms with E-state index in [1.807, 2.05) is 18.2 Å². The highest BCUT2D eigenvalue weighted by molar-refractivity contribution is 5.80. The van der Waals surface area contributed by atoms with E-state index in [9.17, 15) is 22.8 Å². The second-order valence-corrected chi connectivity index (χ2v) is 9.02. The number of anilines is 1. The predicted molar refractivity (Wildman–Crippen MR) is 121 cm³/mol. The summed E-state index contributed by atoms with van der Waals surface area (Å²) in [6.45, 7) is 1.22. The zero-order valence-corrected chi connectivity index (χ0v) is 18.9. The molecule has 0 saturated carbocycles. The number of likely N-dealkylation sites (tertiary alicyclic amines) is 1.